The van der Waals surface area contributed by atoms with Crippen LogP contribution in [0.5, 0.6) is 0 Å². The van der Waals surface area contributed by atoms with E-state index in [1.165, 1.54) is 18.9 Å². The first kappa shape index (κ1) is 19.7. The lowest BCUT2D eigenvalue weighted by Crippen LogP contribution is -2.54. The van der Waals surface area contributed by atoms with Crippen molar-refractivity contribution in [1.82, 2.24) is 10.2 Å². The fraction of sp³-hybridized carbons (Fsp3) is 0.500. The molecule has 24 heavy (non-hydrogen) atoms. The summed E-state index contributed by atoms with van der Waals surface area (Å²) in [6.07, 6.45) is 0.909. The second kappa shape index (κ2) is 9.05. The van der Waals surface area contributed by atoms with E-state index < -0.39 is 18.1 Å². The smallest absolute Gasteiger partial charge is 0.326 e. The monoisotopic (exact) mass is 334 g/mol. The summed E-state index contributed by atoms with van der Waals surface area (Å²) in [5.74, 6) is -1.85. The highest BCUT2D eigenvalue weighted by Crippen LogP contribution is 2.15. The fourth-order valence-corrected chi connectivity index (χ4v) is 2.50. The van der Waals surface area contributed by atoms with Gasteiger partial charge in [-0.3, -0.25) is 9.59 Å². The van der Waals surface area contributed by atoms with Crippen LogP contribution in [0.2, 0.25) is 0 Å². The molecule has 1 aromatic rings. The molecule has 0 radical (unpaired) electrons. The van der Waals surface area contributed by atoms with Gasteiger partial charge in [-0.25, -0.2) is 4.79 Å². The van der Waals surface area contributed by atoms with Crippen molar-refractivity contribution in [3.05, 3.63) is 35.9 Å². The number of amides is 2. The molecular weight excluding hydrogens is 308 g/mol. The van der Waals surface area contributed by atoms with Gasteiger partial charge in [0.2, 0.25) is 11.8 Å². The minimum absolute atomic E-state index is 0.0879. The second-order valence-electron chi connectivity index (χ2n) is 6.06. The topological polar surface area (TPSA) is 86.7 Å². The van der Waals surface area contributed by atoms with Gasteiger partial charge in [0, 0.05) is 20.4 Å². The number of benzene rings is 1. The van der Waals surface area contributed by atoms with Crippen molar-refractivity contribution < 1.29 is 19.5 Å². The van der Waals surface area contributed by atoms with Gasteiger partial charge in [0.15, 0.2) is 0 Å². The minimum atomic E-state index is -1.07. The molecule has 0 saturated heterocycles. The lowest BCUT2D eigenvalue weighted by atomic mass is 9.96. The molecule has 0 aromatic heterocycles. The van der Waals surface area contributed by atoms with E-state index in [0.717, 1.165) is 5.56 Å². The zero-order valence-corrected chi connectivity index (χ0v) is 14.7. The van der Waals surface area contributed by atoms with E-state index in [9.17, 15) is 19.5 Å². The molecule has 0 unspecified atom stereocenters. The molecule has 1 rings (SSSR count). The first-order chi connectivity index (χ1) is 11.3. The van der Waals surface area contributed by atoms with Gasteiger partial charge in [-0.1, -0.05) is 50.6 Å². The van der Waals surface area contributed by atoms with Crippen LogP contribution in [0.3, 0.4) is 0 Å². The summed E-state index contributed by atoms with van der Waals surface area (Å²) in [6, 6.07) is 7.45. The van der Waals surface area contributed by atoms with Gasteiger partial charge in [-0.2, -0.15) is 0 Å². The molecule has 1 aromatic carbocycles. The average molecular weight is 334 g/mol. The maximum absolute atomic E-state index is 12.8. The van der Waals surface area contributed by atoms with Crippen LogP contribution >= 0.6 is 0 Å². The van der Waals surface area contributed by atoms with Crippen molar-refractivity contribution in [2.45, 2.75) is 45.7 Å². The minimum Gasteiger partial charge on any atom is -0.480 e. The standard InChI is InChI=1S/C18H26N2O4/c1-5-12(2)16(19-13(3)21)17(22)20(4)15(18(23)24)11-14-9-7-6-8-10-14/h6-10,12,15-16H,5,11H2,1-4H3,(H,19,21)(H,23,24)/t12-,15+,16+/m1/s1. The first-order valence-electron chi connectivity index (χ1n) is 8.08. The number of carboxylic acid groups (broad SMARTS) is 1. The van der Waals surface area contributed by atoms with Crippen LogP contribution < -0.4 is 5.32 Å². The van der Waals surface area contributed by atoms with E-state index in [-0.39, 0.29) is 24.2 Å². The van der Waals surface area contributed by atoms with E-state index in [1.807, 2.05) is 44.2 Å². The van der Waals surface area contributed by atoms with Crippen LogP contribution in [0.4, 0.5) is 0 Å². The summed E-state index contributed by atoms with van der Waals surface area (Å²) in [5, 5.41) is 12.2. The summed E-state index contributed by atoms with van der Waals surface area (Å²) in [6.45, 7) is 5.13. The van der Waals surface area contributed by atoms with Crippen molar-refractivity contribution in [1.29, 1.82) is 0 Å². The Morgan fingerprint density at radius 2 is 1.79 bits per heavy atom. The third-order valence-corrected chi connectivity index (χ3v) is 4.21. The Balaban J connectivity index is 2.98. The Hall–Kier alpha value is -2.37. The van der Waals surface area contributed by atoms with Crippen LogP contribution in [0.1, 0.15) is 32.8 Å². The number of nitrogens with zero attached hydrogens (tertiary/aromatic N) is 1. The number of carbonyl (C=O) groups excluding carboxylic acids is 2. The van der Waals surface area contributed by atoms with Crippen molar-refractivity contribution in [2.75, 3.05) is 7.05 Å². The molecule has 3 atom stereocenters. The van der Waals surface area contributed by atoms with Crippen LogP contribution in [-0.4, -0.2) is 46.9 Å². The Kier molecular flexibility index (Phi) is 7.42. The molecule has 0 spiro atoms. The van der Waals surface area contributed by atoms with Gasteiger partial charge in [0.25, 0.3) is 0 Å². The van der Waals surface area contributed by atoms with Crippen LogP contribution in [0.25, 0.3) is 0 Å². The lowest BCUT2D eigenvalue weighted by molar-refractivity contribution is -0.150. The molecular formula is C18H26N2O4. The number of nitrogens with one attached hydrogen (secondary N) is 1. The molecule has 0 bridgehead atoms. The largest absolute Gasteiger partial charge is 0.480 e. The van der Waals surface area contributed by atoms with Crippen molar-refractivity contribution in [2.24, 2.45) is 5.92 Å². The van der Waals surface area contributed by atoms with E-state index >= 15 is 0 Å². The third-order valence-electron chi connectivity index (χ3n) is 4.21. The number of carboxylic acids is 1. The molecule has 0 aliphatic carbocycles. The van der Waals surface area contributed by atoms with E-state index in [0.29, 0.717) is 6.42 Å². The molecule has 0 saturated carbocycles. The van der Waals surface area contributed by atoms with E-state index in [1.54, 1.807) is 0 Å². The predicted octanol–water partition coefficient (Wildman–Crippen LogP) is 1.69. The highest BCUT2D eigenvalue weighted by Gasteiger charge is 2.33. The Labute approximate surface area is 142 Å². The quantitative estimate of drug-likeness (QED) is 0.757. The second-order valence-corrected chi connectivity index (χ2v) is 6.06. The van der Waals surface area contributed by atoms with Gasteiger partial charge in [-0.15, -0.1) is 0 Å². The molecule has 0 aliphatic rings. The average Bonchev–Trinajstić information content (AvgIpc) is 2.56. The fourth-order valence-electron chi connectivity index (χ4n) is 2.50. The number of carbonyl (C=O) groups is 3. The molecule has 6 heteroatoms. The summed E-state index contributed by atoms with van der Waals surface area (Å²) in [7, 11) is 1.47. The molecule has 0 aliphatic heterocycles. The molecule has 0 heterocycles. The number of likely N-dealkylation sites (N-methyl/N-ethyl adjacent to an activating group) is 1. The molecule has 0 fully saturated rings. The first-order valence-corrected chi connectivity index (χ1v) is 8.08. The molecule has 6 nitrogen and oxygen atoms in total. The number of rotatable bonds is 8. The molecule has 2 amide bonds. The Bertz CT molecular complexity index is 574. The number of aliphatic carboxylic acids is 1. The highest BCUT2D eigenvalue weighted by molar-refractivity contribution is 5.90. The maximum atomic E-state index is 12.8. The summed E-state index contributed by atoms with van der Waals surface area (Å²) in [4.78, 5) is 37.0. The van der Waals surface area contributed by atoms with Crippen molar-refractivity contribution in [3.63, 3.8) is 0 Å². The normalized spacial score (nSPS) is 14.3. The van der Waals surface area contributed by atoms with Gasteiger partial charge in [0.1, 0.15) is 12.1 Å². The summed E-state index contributed by atoms with van der Waals surface area (Å²) < 4.78 is 0. The molecule has 132 valence electrons. The van der Waals surface area contributed by atoms with E-state index in [4.69, 9.17) is 0 Å². The van der Waals surface area contributed by atoms with Gasteiger partial charge < -0.3 is 15.3 Å². The number of hydrogen-bond donors (Lipinski definition) is 2. The van der Waals surface area contributed by atoms with Crippen molar-refractivity contribution >= 4 is 17.8 Å². The summed E-state index contributed by atoms with van der Waals surface area (Å²) >= 11 is 0. The predicted molar refractivity (Wildman–Crippen MR) is 91.4 cm³/mol. The highest BCUT2D eigenvalue weighted by atomic mass is 16.4. The number of hydrogen-bond acceptors (Lipinski definition) is 3. The maximum Gasteiger partial charge on any atom is 0.326 e. The lowest BCUT2D eigenvalue weighted by Gasteiger charge is -2.31. The van der Waals surface area contributed by atoms with Crippen molar-refractivity contribution in [3.8, 4) is 0 Å². The third kappa shape index (κ3) is 5.37. The van der Waals surface area contributed by atoms with Crippen LogP contribution in [0.15, 0.2) is 30.3 Å². The van der Waals surface area contributed by atoms with Crippen LogP contribution in [-0.2, 0) is 20.8 Å². The van der Waals surface area contributed by atoms with E-state index in [2.05, 4.69) is 5.32 Å². The van der Waals surface area contributed by atoms with Gasteiger partial charge in [0.05, 0.1) is 0 Å². The zero-order chi connectivity index (χ0) is 18.3. The zero-order valence-electron chi connectivity index (χ0n) is 14.7. The molecule has 2 N–H and O–H groups in total. The van der Waals surface area contributed by atoms with Gasteiger partial charge in [-0.05, 0) is 11.5 Å². The Morgan fingerprint density at radius 3 is 2.25 bits per heavy atom. The SMILES string of the molecule is CC[C@@H](C)[C@H](NC(C)=O)C(=O)N(C)[C@@H](Cc1ccccc1)C(=O)O. The summed E-state index contributed by atoms with van der Waals surface area (Å²) in [5.41, 5.74) is 0.837. The van der Waals surface area contributed by atoms with Gasteiger partial charge >= 0.3 is 5.97 Å². The van der Waals surface area contributed by atoms with Crippen LogP contribution in [0, 0.1) is 5.92 Å². The Morgan fingerprint density at radius 1 is 1.21 bits per heavy atom.